The van der Waals surface area contributed by atoms with Gasteiger partial charge in [-0.05, 0) is 62.0 Å². The second-order valence-electron chi connectivity index (χ2n) is 7.61. The number of aliphatic carboxylic acids is 1. The summed E-state index contributed by atoms with van der Waals surface area (Å²) < 4.78 is 0. The summed E-state index contributed by atoms with van der Waals surface area (Å²) in [7, 11) is 0. The lowest BCUT2D eigenvalue weighted by atomic mass is 9.47. The number of nitro groups is 1. The molecule has 128 valence electrons. The molecule has 4 aliphatic carbocycles. The Balaban J connectivity index is 1.71. The molecule has 0 amide bonds. The minimum atomic E-state index is -0.803. The Bertz CT molecular complexity index is 709. The van der Waals surface area contributed by atoms with Gasteiger partial charge in [0.2, 0.25) is 0 Å². The molecule has 4 bridgehead atoms. The fraction of sp³-hybridized carbons (Fsp3) is 0.588. The largest absolute Gasteiger partial charge is 0.481 e. The van der Waals surface area contributed by atoms with Crippen LogP contribution in [0.15, 0.2) is 18.2 Å². The first-order valence-corrected chi connectivity index (χ1v) is 8.71. The summed E-state index contributed by atoms with van der Waals surface area (Å²) in [5.74, 6) is 0.465. The zero-order valence-electron chi connectivity index (χ0n) is 13.1. The number of benzene rings is 1. The maximum absolute atomic E-state index is 12.1. The monoisotopic (exact) mass is 350 g/mol. The molecule has 3 atom stereocenters. The van der Waals surface area contributed by atoms with E-state index < -0.39 is 16.3 Å². The Kier molecular flexibility index (Phi) is 3.49. The molecule has 7 heteroatoms. The van der Waals surface area contributed by atoms with Gasteiger partial charge in [0.25, 0.3) is 5.69 Å². The Morgan fingerprint density at radius 1 is 1.29 bits per heavy atom. The predicted molar refractivity (Wildman–Crippen MR) is 89.1 cm³/mol. The van der Waals surface area contributed by atoms with Crippen molar-refractivity contribution in [3.05, 3.63) is 33.3 Å². The highest BCUT2D eigenvalue weighted by Gasteiger charge is 2.61. The number of nitrogens with zero attached hydrogens (tertiary/aromatic N) is 1. The second-order valence-corrected chi connectivity index (χ2v) is 8.05. The number of nitro benzene ring substituents is 1. The maximum atomic E-state index is 12.1. The van der Waals surface area contributed by atoms with Crippen LogP contribution in [0, 0.1) is 33.3 Å². The van der Waals surface area contributed by atoms with Crippen LogP contribution in [-0.2, 0) is 4.79 Å². The van der Waals surface area contributed by atoms with E-state index in [-0.39, 0.29) is 17.6 Å². The number of carboxylic acids is 1. The van der Waals surface area contributed by atoms with E-state index in [0.29, 0.717) is 35.4 Å². The summed E-state index contributed by atoms with van der Waals surface area (Å²) in [6.07, 6.45) is 4.53. The van der Waals surface area contributed by atoms with Gasteiger partial charge in [0, 0.05) is 17.1 Å². The van der Waals surface area contributed by atoms with Crippen molar-refractivity contribution < 1.29 is 14.8 Å². The van der Waals surface area contributed by atoms with Gasteiger partial charge >= 0.3 is 5.97 Å². The molecule has 4 aliphatic rings. The SMILES string of the molecule is O=C(O)C12CC3CC(CC(C3)C1Nc1ccc(Cl)cc1[N+](=O)[O-])C2. The zero-order valence-corrected chi connectivity index (χ0v) is 13.8. The van der Waals surface area contributed by atoms with E-state index in [1.807, 2.05) is 0 Å². The van der Waals surface area contributed by atoms with Crippen molar-refractivity contribution in [3.63, 3.8) is 0 Å². The number of hydrogen-bond acceptors (Lipinski definition) is 4. The molecule has 0 radical (unpaired) electrons. The molecule has 0 saturated heterocycles. The summed E-state index contributed by atoms with van der Waals surface area (Å²) in [5.41, 5.74) is -0.540. The van der Waals surface area contributed by atoms with Crippen LogP contribution < -0.4 is 5.32 Å². The van der Waals surface area contributed by atoms with Gasteiger partial charge in [-0.1, -0.05) is 11.6 Å². The molecule has 2 N–H and O–H groups in total. The second kappa shape index (κ2) is 5.34. The number of halogens is 1. The van der Waals surface area contributed by atoms with E-state index in [2.05, 4.69) is 5.32 Å². The van der Waals surface area contributed by atoms with Crippen LogP contribution in [0.25, 0.3) is 0 Å². The van der Waals surface area contributed by atoms with Crippen LogP contribution in [0.1, 0.15) is 32.1 Å². The topological polar surface area (TPSA) is 92.5 Å². The smallest absolute Gasteiger partial charge is 0.311 e. The minimum Gasteiger partial charge on any atom is -0.481 e. The fourth-order valence-electron chi connectivity index (χ4n) is 5.55. The molecule has 5 rings (SSSR count). The predicted octanol–water partition coefficient (Wildman–Crippen LogP) is 3.94. The van der Waals surface area contributed by atoms with Gasteiger partial charge in [0.1, 0.15) is 5.69 Å². The summed E-state index contributed by atoms with van der Waals surface area (Å²) in [6.45, 7) is 0. The standard InChI is InChI=1S/C17H19ClN2O4/c18-12-1-2-13(14(6-12)20(23)24)19-15-11-4-9-3-10(5-11)8-17(15,7-9)16(21)22/h1-2,6,9-11,15,19H,3-5,7-8H2,(H,21,22). The molecule has 0 aromatic heterocycles. The highest BCUT2D eigenvalue weighted by Crippen LogP contribution is 2.61. The molecule has 0 spiro atoms. The number of rotatable bonds is 4. The molecule has 4 fully saturated rings. The van der Waals surface area contributed by atoms with Crippen molar-refractivity contribution >= 4 is 28.9 Å². The van der Waals surface area contributed by atoms with Gasteiger partial charge in [0.15, 0.2) is 0 Å². The van der Waals surface area contributed by atoms with Gasteiger partial charge < -0.3 is 10.4 Å². The van der Waals surface area contributed by atoms with Crippen LogP contribution in [-0.4, -0.2) is 22.0 Å². The van der Waals surface area contributed by atoms with E-state index in [4.69, 9.17) is 11.6 Å². The van der Waals surface area contributed by atoms with Crippen molar-refractivity contribution in [3.8, 4) is 0 Å². The summed E-state index contributed by atoms with van der Waals surface area (Å²) >= 11 is 5.88. The molecule has 6 nitrogen and oxygen atoms in total. The Morgan fingerprint density at radius 2 is 1.96 bits per heavy atom. The first-order chi connectivity index (χ1) is 11.4. The van der Waals surface area contributed by atoms with E-state index in [9.17, 15) is 20.0 Å². The maximum Gasteiger partial charge on any atom is 0.311 e. The molecule has 24 heavy (non-hydrogen) atoms. The van der Waals surface area contributed by atoms with Gasteiger partial charge in [-0.25, -0.2) is 0 Å². The number of anilines is 1. The summed E-state index contributed by atoms with van der Waals surface area (Å²) in [5, 5.41) is 24.8. The molecule has 0 heterocycles. The molecular formula is C17H19ClN2O4. The summed E-state index contributed by atoms with van der Waals surface area (Å²) in [6, 6.07) is 4.23. The zero-order chi connectivity index (χ0) is 17.1. The van der Waals surface area contributed by atoms with Gasteiger partial charge in [0.05, 0.1) is 10.3 Å². The van der Waals surface area contributed by atoms with E-state index >= 15 is 0 Å². The molecule has 3 unspecified atom stereocenters. The first kappa shape index (κ1) is 15.7. The highest BCUT2D eigenvalue weighted by atomic mass is 35.5. The lowest BCUT2D eigenvalue weighted by molar-refractivity contribution is -0.384. The Labute approximate surface area is 144 Å². The van der Waals surface area contributed by atoms with Gasteiger partial charge in [-0.2, -0.15) is 0 Å². The van der Waals surface area contributed by atoms with Crippen LogP contribution in [0.2, 0.25) is 5.02 Å². The van der Waals surface area contributed by atoms with Crippen molar-refractivity contribution in [2.75, 3.05) is 5.32 Å². The number of carbonyl (C=O) groups is 1. The quantitative estimate of drug-likeness (QED) is 0.633. The van der Waals surface area contributed by atoms with Crippen LogP contribution in [0.3, 0.4) is 0 Å². The van der Waals surface area contributed by atoms with Crippen molar-refractivity contribution in [2.45, 2.75) is 38.1 Å². The number of nitrogens with one attached hydrogen (secondary N) is 1. The van der Waals surface area contributed by atoms with E-state index in [1.54, 1.807) is 12.1 Å². The summed E-state index contributed by atoms with van der Waals surface area (Å²) in [4.78, 5) is 23.0. The van der Waals surface area contributed by atoms with Crippen molar-refractivity contribution in [1.82, 2.24) is 0 Å². The normalized spacial score (nSPS) is 36.5. The molecular weight excluding hydrogens is 332 g/mol. The Morgan fingerprint density at radius 3 is 2.54 bits per heavy atom. The molecule has 1 aromatic rings. The first-order valence-electron chi connectivity index (χ1n) is 8.33. The molecule has 0 aliphatic heterocycles. The molecule has 4 saturated carbocycles. The third kappa shape index (κ3) is 2.27. The lowest BCUT2D eigenvalue weighted by Crippen LogP contribution is -2.62. The fourth-order valence-corrected chi connectivity index (χ4v) is 5.72. The highest BCUT2D eigenvalue weighted by molar-refractivity contribution is 6.30. The number of hydrogen-bond donors (Lipinski definition) is 2. The average Bonchev–Trinajstić information content (AvgIpc) is 2.51. The van der Waals surface area contributed by atoms with Gasteiger partial charge in [-0.3, -0.25) is 14.9 Å². The number of carboxylic acid groups (broad SMARTS) is 1. The van der Waals surface area contributed by atoms with Crippen LogP contribution >= 0.6 is 11.6 Å². The minimum absolute atomic E-state index is 0.100. The lowest BCUT2D eigenvalue weighted by Gasteiger charge is -2.59. The van der Waals surface area contributed by atoms with Crippen molar-refractivity contribution in [2.24, 2.45) is 23.2 Å². The van der Waals surface area contributed by atoms with Crippen LogP contribution in [0.5, 0.6) is 0 Å². The Hall–Kier alpha value is -1.82. The van der Waals surface area contributed by atoms with E-state index in [0.717, 1.165) is 19.3 Å². The van der Waals surface area contributed by atoms with E-state index in [1.165, 1.54) is 6.07 Å². The third-order valence-electron chi connectivity index (χ3n) is 6.20. The van der Waals surface area contributed by atoms with Crippen molar-refractivity contribution in [1.29, 1.82) is 0 Å². The average molecular weight is 351 g/mol. The van der Waals surface area contributed by atoms with Gasteiger partial charge in [-0.15, -0.1) is 0 Å². The molecule has 1 aromatic carbocycles. The third-order valence-corrected chi connectivity index (χ3v) is 6.44. The van der Waals surface area contributed by atoms with Crippen LogP contribution in [0.4, 0.5) is 11.4 Å².